The van der Waals surface area contributed by atoms with Gasteiger partial charge in [-0.3, -0.25) is 0 Å². The number of carbonyl (C=O) groups is 1. The van der Waals surface area contributed by atoms with E-state index in [-0.39, 0.29) is 0 Å². The predicted octanol–water partition coefficient (Wildman–Crippen LogP) is 3.54. The second kappa shape index (κ2) is 6.43. The lowest BCUT2D eigenvalue weighted by atomic mass is 10.0. The maximum atomic E-state index is 10.7. The minimum absolute atomic E-state index is 0.558. The third-order valence-corrected chi connectivity index (χ3v) is 3.47. The van der Waals surface area contributed by atoms with Gasteiger partial charge >= 0.3 is 6.03 Å². The first-order chi connectivity index (χ1) is 9.58. The minimum Gasteiger partial charge on any atom is -0.496 e. The Morgan fingerprint density at radius 2 is 1.85 bits per heavy atom. The van der Waals surface area contributed by atoms with Crippen molar-refractivity contribution in [2.75, 3.05) is 12.4 Å². The van der Waals surface area contributed by atoms with E-state index < -0.39 is 6.03 Å². The Morgan fingerprint density at radius 1 is 1.20 bits per heavy atom. The molecule has 0 radical (unpaired) electrons. The predicted molar refractivity (Wildman–Crippen MR) is 83.1 cm³/mol. The highest BCUT2D eigenvalue weighted by Crippen LogP contribution is 2.26. The van der Waals surface area contributed by atoms with Crippen LogP contribution in [-0.2, 0) is 6.42 Å². The number of hydrogen-bond donors (Lipinski definition) is 2. The topological polar surface area (TPSA) is 64.3 Å². The monoisotopic (exact) mass is 334 g/mol. The van der Waals surface area contributed by atoms with Gasteiger partial charge in [-0.15, -0.1) is 0 Å². The number of hydrogen-bond acceptors (Lipinski definition) is 2. The van der Waals surface area contributed by atoms with Gasteiger partial charge < -0.3 is 15.8 Å². The smallest absolute Gasteiger partial charge is 0.316 e. The number of primary amides is 1. The second-order valence-corrected chi connectivity index (χ2v) is 5.19. The number of benzene rings is 2. The van der Waals surface area contributed by atoms with Gasteiger partial charge in [0.1, 0.15) is 5.75 Å². The van der Waals surface area contributed by atoms with E-state index in [4.69, 9.17) is 10.5 Å². The molecule has 0 heterocycles. The number of methoxy groups -OCH3 is 1. The third kappa shape index (κ3) is 3.74. The summed E-state index contributed by atoms with van der Waals surface area (Å²) in [4.78, 5) is 10.7. The molecule has 4 nitrogen and oxygen atoms in total. The van der Waals surface area contributed by atoms with Gasteiger partial charge in [0.15, 0.2) is 0 Å². The molecule has 0 aliphatic carbocycles. The number of anilines is 1. The summed E-state index contributed by atoms with van der Waals surface area (Å²) >= 11 is 3.47. The van der Waals surface area contributed by atoms with Crippen LogP contribution in [0.1, 0.15) is 11.1 Å². The molecule has 2 rings (SSSR count). The first kappa shape index (κ1) is 14.4. The molecule has 5 heteroatoms. The Bertz CT molecular complexity index is 612. The van der Waals surface area contributed by atoms with Gasteiger partial charge in [0.2, 0.25) is 0 Å². The molecule has 0 bridgehead atoms. The van der Waals surface area contributed by atoms with Crippen molar-refractivity contribution in [2.24, 2.45) is 5.73 Å². The fraction of sp³-hybridized carbons (Fsp3) is 0.133. The van der Waals surface area contributed by atoms with Crippen molar-refractivity contribution in [1.82, 2.24) is 0 Å². The van der Waals surface area contributed by atoms with Gasteiger partial charge in [0.05, 0.1) is 11.6 Å². The van der Waals surface area contributed by atoms with E-state index in [1.54, 1.807) is 7.11 Å². The lowest BCUT2D eigenvalue weighted by Crippen LogP contribution is -2.19. The van der Waals surface area contributed by atoms with Crippen molar-refractivity contribution in [3.63, 3.8) is 0 Å². The van der Waals surface area contributed by atoms with Crippen LogP contribution in [0.15, 0.2) is 46.9 Å². The zero-order chi connectivity index (χ0) is 14.5. The lowest BCUT2D eigenvalue weighted by Gasteiger charge is -2.07. The molecule has 0 aromatic heterocycles. The molecular formula is C15H15BrN2O2. The zero-order valence-electron chi connectivity index (χ0n) is 11.0. The number of nitrogens with one attached hydrogen (secondary N) is 1. The first-order valence-electron chi connectivity index (χ1n) is 6.06. The Hall–Kier alpha value is -2.01. The Labute approximate surface area is 126 Å². The van der Waals surface area contributed by atoms with Crippen LogP contribution < -0.4 is 15.8 Å². The van der Waals surface area contributed by atoms with Crippen molar-refractivity contribution in [2.45, 2.75) is 6.42 Å². The highest BCUT2D eigenvalue weighted by molar-refractivity contribution is 9.10. The highest BCUT2D eigenvalue weighted by Gasteiger charge is 2.03. The van der Waals surface area contributed by atoms with Crippen LogP contribution in [0.5, 0.6) is 5.75 Å². The van der Waals surface area contributed by atoms with E-state index >= 15 is 0 Å². The summed E-state index contributed by atoms with van der Waals surface area (Å²) in [5.41, 5.74) is 8.08. The maximum absolute atomic E-state index is 10.7. The Morgan fingerprint density at radius 3 is 2.40 bits per heavy atom. The fourth-order valence-corrected chi connectivity index (χ4v) is 2.49. The van der Waals surface area contributed by atoms with E-state index in [9.17, 15) is 4.79 Å². The standard InChI is InChI=1S/C15H15BrN2O2/c1-20-14-7-4-11(9-13(14)16)8-10-2-5-12(6-3-10)18-15(17)19/h2-7,9H,8H2,1H3,(H3,17,18,19). The average Bonchev–Trinajstić information content (AvgIpc) is 2.41. The van der Waals surface area contributed by atoms with E-state index in [0.717, 1.165) is 22.2 Å². The van der Waals surface area contributed by atoms with Gasteiger partial charge in [0, 0.05) is 5.69 Å². The van der Waals surface area contributed by atoms with Crippen molar-refractivity contribution < 1.29 is 9.53 Å². The molecular weight excluding hydrogens is 320 g/mol. The van der Waals surface area contributed by atoms with E-state index in [0.29, 0.717) is 5.69 Å². The quantitative estimate of drug-likeness (QED) is 0.898. The number of halogens is 1. The van der Waals surface area contributed by atoms with Crippen LogP contribution in [0.4, 0.5) is 10.5 Å². The van der Waals surface area contributed by atoms with Crippen molar-refractivity contribution >= 4 is 27.6 Å². The summed E-state index contributed by atoms with van der Waals surface area (Å²) in [6, 6.07) is 13.0. The Balaban J connectivity index is 2.10. The van der Waals surface area contributed by atoms with E-state index in [1.165, 1.54) is 5.56 Å². The minimum atomic E-state index is -0.558. The molecule has 0 spiro atoms. The van der Waals surface area contributed by atoms with E-state index in [2.05, 4.69) is 21.2 Å². The van der Waals surface area contributed by atoms with Crippen LogP contribution in [0.25, 0.3) is 0 Å². The molecule has 0 unspecified atom stereocenters. The number of rotatable bonds is 4. The number of carbonyl (C=O) groups excluding carboxylic acids is 1. The molecule has 2 aromatic rings. The molecule has 20 heavy (non-hydrogen) atoms. The van der Waals surface area contributed by atoms with Crippen LogP contribution in [0.3, 0.4) is 0 Å². The maximum Gasteiger partial charge on any atom is 0.316 e. The zero-order valence-corrected chi connectivity index (χ0v) is 12.6. The number of amides is 2. The van der Waals surface area contributed by atoms with Gasteiger partial charge in [-0.05, 0) is 57.7 Å². The van der Waals surface area contributed by atoms with Gasteiger partial charge in [-0.25, -0.2) is 4.79 Å². The van der Waals surface area contributed by atoms with Crippen LogP contribution in [0, 0.1) is 0 Å². The van der Waals surface area contributed by atoms with Crippen molar-refractivity contribution in [3.8, 4) is 5.75 Å². The molecule has 104 valence electrons. The van der Waals surface area contributed by atoms with Gasteiger partial charge in [0.25, 0.3) is 0 Å². The summed E-state index contributed by atoms with van der Waals surface area (Å²) in [5.74, 6) is 0.815. The Kier molecular flexibility index (Phi) is 4.63. The summed E-state index contributed by atoms with van der Waals surface area (Å²) in [6.07, 6.45) is 0.805. The van der Waals surface area contributed by atoms with Crippen LogP contribution >= 0.6 is 15.9 Å². The second-order valence-electron chi connectivity index (χ2n) is 4.33. The molecule has 0 saturated carbocycles. The largest absolute Gasteiger partial charge is 0.496 e. The number of ether oxygens (including phenoxy) is 1. The van der Waals surface area contributed by atoms with Gasteiger partial charge in [-0.2, -0.15) is 0 Å². The average molecular weight is 335 g/mol. The summed E-state index contributed by atoms with van der Waals surface area (Å²) < 4.78 is 6.14. The molecule has 0 fully saturated rings. The third-order valence-electron chi connectivity index (χ3n) is 2.85. The van der Waals surface area contributed by atoms with Gasteiger partial charge in [-0.1, -0.05) is 18.2 Å². The summed E-state index contributed by atoms with van der Waals surface area (Å²) in [7, 11) is 1.64. The SMILES string of the molecule is COc1ccc(Cc2ccc(NC(N)=O)cc2)cc1Br. The molecule has 2 amide bonds. The summed E-state index contributed by atoms with van der Waals surface area (Å²) in [5, 5.41) is 2.53. The summed E-state index contributed by atoms with van der Waals surface area (Å²) in [6.45, 7) is 0. The number of nitrogens with two attached hydrogens (primary N) is 1. The molecule has 3 N–H and O–H groups in total. The molecule has 0 atom stereocenters. The normalized spacial score (nSPS) is 10.1. The number of urea groups is 1. The highest BCUT2D eigenvalue weighted by atomic mass is 79.9. The van der Waals surface area contributed by atoms with Crippen LogP contribution in [0.2, 0.25) is 0 Å². The van der Waals surface area contributed by atoms with Crippen molar-refractivity contribution in [1.29, 1.82) is 0 Å². The lowest BCUT2D eigenvalue weighted by molar-refractivity contribution is 0.259. The first-order valence-corrected chi connectivity index (χ1v) is 6.85. The molecule has 0 aliphatic heterocycles. The van der Waals surface area contributed by atoms with Crippen molar-refractivity contribution in [3.05, 3.63) is 58.1 Å². The van der Waals surface area contributed by atoms with E-state index in [1.807, 2.05) is 42.5 Å². The van der Waals surface area contributed by atoms with Crippen LogP contribution in [-0.4, -0.2) is 13.1 Å². The fourth-order valence-electron chi connectivity index (χ4n) is 1.90. The molecule has 0 aliphatic rings. The molecule has 0 saturated heterocycles. The molecule has 2 aromatic carbocycles.